The fourth-order valence-corrected chi connectivity index (χ4v) is 4.04. The number of carbonyl (C=O) groups is 1. The van der Waals surface area contributed by atoms with E-state index in [1.165, 1.54) is 19.3 Å². The van der Waals surface area contributed by atoms with Crippen LogP contribution in [0.1, 0.15) is 47.0 Å². The zero-order valence-corrected chi connectivity index (χ0v) is 10.7. The maximum Gasteiger partial charge on any atom is 0.320 e. The smallest absolute Gasteiger partial charge is 0.320 e. The van der Waals surface area contributed by atoms with Gasteiger partial charge in [-0.2, -0.15) is 0 Å². The van der Waals surface area contributed by atoms with Crippen LogP contribution in [0, 0.1) is 16.7 Å². The standard InChI is InChI=1S/C13H23NO2/c1-8(10(15)16)14-11-12(2,3)9-5-6-13(11,4)7-9/h8-9,11,14H,5-7H2,1-4H3,(H,15,16)/t8?,9-,11?,13+/m0/s1. The minimum atomic E-state index is -0.748. The second-order valence-corrected chi connectivity index (χ2v) is 6.57. The molecular formula is C13H23NO2. The Labute approximate surface area is 97.6 Å². The van der Waals surface area contributed by atoms with Crippen LogP contribution in [0.2, 0.25) is 0 Å². The lowest BCUT2D eigenvalue weighted by atomic mass is 9.68. The topological polar surface area (TPSA) is 49.3 Å². The van der Waals surface area contributed by atoms with Crippen molar-refractivity contribution in [3.63, 3.8) is 0 Å². The van der Waals surface area contributed by atoms with E-state index >= 15 is 0 Å². The van der Waals surface area contributed by atoms with Crippen LogP contribution in [0.25, 0.3) is 0 Å². The number of hydrogen-bond donors (Lipinski definition) is 2. The van der Waals surface area contributed by atoms with Crippen LogP contribution >= 0.6 is 0 Å². The highest BCUT2D eigenvalue weighted by Gasteiger charge is 2.59. The molecule has 2 fully saturated rings. The summed E-state index contributed by atoms with van der Waals surface area (Å²) in [4.78, 5) is 10.9. The van der Waals surface area contributed by atoms with Crippen LogP contribution in [0.5, 0.6) is 0 Å². The first-order valence-electron chi connectivity index (χ1n) is 6.26. The van der Waals surface area contributed by atoms with Crippen LogP contribution < -0.4 is 5.32 Å². The number of aliphatic carboxylic acids is 1. The molecule has 0 aromatic heterocycles. The molecule has 16 heavy (non-hydrogen) atoms. The molecule has 92 valence electrons. The zero-order valence-electron chi connectivity index (χ0n) is 10.7. The molecule has 2 unspecified atom stereocenters. The summed E-state index contributed by atoms with van der Waals surface area (Å²) in [6.45, 7) is 8.63. The summed E-state index contributed by atoms with van der Waals surface area (Å²) in [5, 5.41) is 12.3. The molecule has 2 aliphatic carbocycles. The van der Waals surface area contributed by atoms with Gasteiger partial charge in [-0.25, -0.2) is 0 Å². The quantitative estimate of drug-likeness (QED) is 0.774. The molecule has 0 amide bonds. The van der Waals surface area contributed by atoms with Gasteiger partial charge in [0, 0.05) is 6.04 Å². The first-order valence-corrected chi connectivity index (χ1v) is 6.26. The largest absolute Gasteiger partial charge is 0.480 e. The third kappa shape index (κ3) is 1.56. The third-order valence-electron chi connectivity index (χ3n) is 5.06. The Morgan fingerprint density at radius 2 is 2.06 bits per heavy atom. The van der Waals surface area contributed by atoms with Crippen LogP contribution in [0.3, 0.4) is 0 Å². The van der Waals surface area contributed by atoms with Gasteiger partial charge in [0.2, 0.25) is 0 Å². The van der Waals surface area contributed by atoms with Gasteiger partial charge in [0.1, 0.15) is 6.04 Å². The number of fused-ring (bicyclic) bond motifs is 2. The number of carboxylic acids is 1. The van der Waals surface area contributed by atoms with E-state index in [4.69, 9.17) is 5.11 Å². The van der Waals surface area contributed by atoms with Gasteiger partial charge in [0.15, 0.2) is 0 Å². The molecular weight excluding hydrogens is 202 g/mol. The number of rotatable bonds is 3. The molecule has 2 N–H and O–H groups in total. The van der Waals surface area contributed by atoms with Crippen LogP contribution in [-0.2, 0) is 4.79 Å². The van der Waals surface area contributed by atoms with Crippen LogP contribution in [-0.4, -0.2) is 23.2 Å². The van der Waals surface area contributed by atoms with Crippen molar-refractivity contribution in [2.45, 2.75) is 59.0 Å². The average Bonchev–Trinajstić information content (AvgIpc) is 2.63. The Bertz CT molecular complexity index is 308. The first kappa shape index (κ1) is 11.9. The van der Waals surface area contributed by atoms with Gasteiger partial charge in [0.05, 0.1) is 0 Å². The van der Waals surface area contributed by atoms with E-state index in [1.54, 1.807) is 6.92 Å². The summed E-state index contributed by atoms with van der Waals surface area (Å²) in [7, 11) is 0. The van der Waals surface area contributed by atoms with Crippen molar-refractivity contribution in [3.05, 3.63) is 0 Å². The monoisotopic (exact) mass is 225 g/mol. The summed E-state index contributed by atoms with van der Waals surface area (Å²) in [6, 6.07) is -0.106. The summed E-state index contributed by atoms with van der Waals surface area (Å²) in [5.41, 5.74) is 0.536. The Kier molecular flexibility index (Phi) is 2.57. The van der Waals surface area contributed by atoms with Crippen molar-refractivity contribution >= 4 is 5.97 Å². The van der Waals surface area contributed by atoms with Crippen molar-refractivity contribution in [2.75, 3.05) is 0 Å². The summed E-state index contributed by atoms with van der Waals surface area (Å²) in [6.07, 6.45) is 3.80. The van der Waals surface area contributed by atoms with Crippen molar-refractivity contribution in [1.82, 2.24) is 5.32 Å². The molecule has 3 nitrogen and oxygen atoms in total. The fourth-order valence-electron chi connectivity index (χ4n) is 4.04. The van der Waals surface area contributed by atoms with E-state index in [0.717, 1.165) is 5.92 Å². The van der Waals surface area contributed by atoms with Gasteiger partial charge >= 0.3 is 5.97 Å². The Morgan fingerprint density at radius 3 is 2.50 bits per heavy atom. The minimum Gasteiger partial charge on any atom is -0.480 e. The highest BCUT2D eigenvalue weighted by Crippen LogP contribution is 2.62. The maximum absolute atomic E-state index is 10.9. The number of carboxylic acid groups (broad SMARTS) is 1. The molecule has 0 saturated heterocycles. The highest BCUT2D eigenvalue weighted by molar-refractivity contribution is 5.72. The Balaban J connectivity index is 2.17. The van der Waals surface area contributed by atoms with Gasteiger partial charge in [-0.3, -0.25) is 4.79 Å². The Morgan fingerprint density at radius 1 is 1.44 bits per heavy atom. The van der Waals surface area contributed by atoms with Crippen molar-refractivity contribution < 1.29 is 9.90 Å². The maximum atomic E-state index is 10.9. The zero-order chi connectivity index (χ0) is 12.1. The van der Waals surface area contributed by atoms with Gasteiger partial charge in [-0.05, 0) is 42.9 Å². The second kappa shape index (κ2) is 3.46. The van der Waals surface area contributed by atoms with E-state index in [2.05, 4.69) is 26.1 Å². The van der Waals surface area contributed by atoms with Crippen LogP contribution in [0.4, 0.5) is 0 Å². The van der Waals surface area contributed by atoms with E-state index in [-0.39, 0.29) is 5.41 Å². The van der Waals surface area contributed by atoms with E-state index < -0.39 is 12.0 Å². The molecule has 2 saturated carbocycles. The molecule has 0 aromatic carbocycles. The SMILES string of the molecule is CC(NC1C(C)(C)[C@H]2CC[C@]1(C)C2)C(=O)O. The van der Waals surface area contributed by atoms with Crippen molar-refractivity contribution in [2.24, 2.45) is 16.7 Å². The van der Waals surface area contributed by atoms with Gasteiger partial charge < -0.3 is 10.4 Å². The Hall–Kier alpha value is -0.570. The van der Waals surface area contributed by atoms with Crippen molar-refractivity contribution in [3.8, 4) is 0 Å². The van der Waals surface area contributed by atoms with E-state index in [1.807, 2.05) is 0 Å². The van der Waals surface area contributed by atoms with Crippen LogP contribution in [0.15, 0.2) is 0 Å². The van der Waals surface area contributed by atoms with Gasteiger partial charge in [0.25, 0.3) is 0 Å². The first-order chi connectivity index (χ1) is 7.27. The number of hydrogen-bond acceptors (Lipinski definition) is 2. The molecule has 2 bridgehead atoms. The lowest BCUT2D eigenvalue weighted by molar-refractivity contribution is -0.139. The summed E-state index contributed by atoms with van der Waals surface area (Å²) >= 11 is 0. The molecule has 0 spiro atoms. The summed E-state index contributed by atoms with van der Waals surface area (Å²) in [5.74, 6) is 0.0122. The van der Waals surface area contributed by atoms with Gasteiger partial charge in [-0.15, -0.1) is 0 Å². The fraction of sp³-hybridized carbons (Fsp3) is 0.923. The van der Waals surface area contributed by atoms with E-state index in [0.29, 0.717) is 11.5 Å². The highest BCUT2D eigenvalue weighted by atomic mass is 16.4. The normalized spacial score (nSPS) is 42.2. The lowest BCUT2D eigenvalue weighted by Gasteiger charge is -2.44. The molecule has 0 radical (unpaired) electrons. The lowest BCUT2D eigenvalue weighted by Crippen LogP contribution is -2.54. The second-order valence-electron chi connectivity index (χ2n) is 6.57. The molecule has 4 atom stereocenters. The van der Waals surface area contributed by atoms with E-state index in [9.17, 15) is 4.79 Å². The molecule has 0 heterocycles. The summed E-state index contributed by atoms with van der Waals surface area (Å²) < 4.78 is 0. The van der Waals surface area contributed by atoms with Gasteiger partial charge in [-0.1, -0.05) is 20.8 Å². The van der Waals surface area contributed by atoms with Crippen molar-refractivity contribution in [1.29, 1.82) is 0 Å². The minimum absolute atomic E-state index is 0.233. The molecule has 0 aliphatic heterocycles. The molecule has 3 heteroatoms. The molecule has 2 rings (SSSR count). The predicted molar refractivity (Wildman–Crippen MR) is 63.3 cm³/mol. The third-order valence-corrected chi connectivity index (χ3v) is 5.06. The molecule has 2 aliphatic rings. The average molecular weight is 225 g/mol. The molecule has 0 aromatic rings. The predicted octanol–water partition coefficient (Wildman–Crippen LogP) is 2.26. The number of nitrogens with one attached hydrogen (secondary N) is 1.